The number of nitro groups is 1. The van der Waals surface area contributed by atoms with Gasteiger partial charge in [0.1, 0.15) is 16.7 Å². The summed E-state index contributed by atoms with van der Waals surface area (Å²) >= 11 is 6.51. The minimum atomic E-state index is -0.435. The number of thioether (sulfide) groups is 1. The Bertz CT molecular complexity index is 926. The summed E-state index contributed by atoms with van der Waals surface area (Å²) < 4.78 is 6.33. The minimum Gasteiger partial charge on any atom is -0.489 e. The summed E-state index contributed by atoms with van der Waals surface area (Å²) in [5.74, 6) is 0.567. The molecule has 0 saturated carbocycles. The number of hydrogen-bond donors (Lipinski definition) is 0. The number of nitro benzene ring substituents is 1. The first-order valence-corrected chi connectivity index (χ1v) is 9.42. The molecule has 0 aromatic heterocycles. The minimum absolute atomic E-state index is 0.0464. The van der Waals surface area contributed by atoms with Gasteiger partial charge in [-0.1, -0.05) is 36.1 Å². The number of carbonyl (C=O) groups excluding carboxylic acids is 1. The lowest BCUT2D eigenvalue weighted by atomic mass is 10.2. The molecule has 0 unspecified atom stereocenters. The number of amides is 1. The molecule has 1 heterocycles. The smallest absolute Gasteiger partial charge is 0.269 e. The number of non-ortho nitro benzene ring substituents is 1. The van der Waals surface area contributed by atoms with Crippen molar-refractivity contribution in [1.82, 2.24) is 4.90 Å². The summed E-state index contributed by atoms with van der Waals surface area (Å²) in [6.45, 7) is 2.74. The van der Waals surface area contributed by atoms with E-state index in [1.54, 1.807) is 23.1 Å². The molecular formula is C19H16N2O4S2. The van der Waals surface area contributed by atoms with Crippen LogP contribution in [-0.4, -0.2) is 26.6 Å². The van der Waals surface area contributed by atoms with Crippen molar-refractivity contribution in [2.24, 2.45) is 0 Å². The van der Waals surface area contributed by atoms with E-state index in [0.29, 0.717) is 28.1 Å². The molecule has 6 nitrogen and oxygen atoms in total. The molecule has 1 aliphatic heterocycles. The van der Waals surface area contributed by atoms with E-state index in [1.165, 1.54) is 23.9 Å². The normalized spacial score (nSPS) is 15.4. The molecule has 138 valence electrons. The van der Waals surface area contributed by atoms with E-state index in [-0.39, 0.29) is 11.6 Å². The van der Waals surface area contributed by atoms with Crippen molar-refractivity contribution in [3.05, 3.63) is 74.7 Å². The quantitative estimate of drug-likeness (QED) is 0.310. The third-order valence-corrected chi connectivity index (χ3v) is 5.28. The van der Waals surface area contributed by atoms with Gasteiger partial charge < -0.3 is 4.74 Å². The topological polar surface area (TPSA) is 72.7 Å². The Morgan fingerprint density at radius 1 is 1.26 bits per heavy atom. The van der Waals surface area contributed by atoms with Crippen LogP contribution in [0.2, 0.25) is 0 Å². The molecule has 2 aromatic carbocycles. The molecule has 0 spiro atoms. The van der Waals surface area contributed by atoms with Gasteiger partial charge >= 0.3 is 0 Å². The van der Waals surface area contributed by atoms with Gasteiger partial charge in [0.25, 0.3) is 11.6 Å². The van der Waals surface area contributed by atoms with E-state index in [9.17, 15) is 14.9 Å². The lowest BCUT2D eigenvalue weighted by Crippen LogP contribution is -2.27. The van der Waals surface area contributed by atoms with E-state index in [2.05, 4.69) is 0 Å². The number of benzene rings is 2. The van der Waals surface area contributed by atoms with Crippen LogP contribution in [0.25, 0.3) is 6.08 Å². The summed E-state index contributed by atoms with van der Waals surface area (Å²) in [5.41, 5.74) is 1.72. The van der Waals surface area contributed by atoms with Crippen LogP contribution in [0, 0.1) is 10.1 Å². The van der Waals surface area contributed by atoms with Crippen molar-refractivity contribution >= 4 is 46.0 Å². The summed E-state index contributed by atoms with van der Waals surface area (Å²) in [6, 6.07) is 13.6. The van der Waals surface area contributed by atoms with Crippen molar-refractivity contribution in [3.8, 4) is 5.75 Å². The second-order valence-electron chi connectivity index (χ2n) is 5.71. The number of likely N-dealkylation sites (N-methyl/N-ethyl adjacent to an activating group) is 1. The highest BCUT2D eigenvalue weighted by atomic mass is 32.2. The van der Waals surface area contributed by atoms with Crippen LogP contribution < -0.4 is 4.74 Å². The average Bonchev–Trinajstić information content (AvgIpc) is 2.93. The summed E-state index contributed by atoms with van der Waals surface area (Å²) in [5, 5.41) is 10.7. The van der Waals surface area contributed by atoms with Gasteiger partial charge in [0.2, 0.25) is 0 Å². The highest BCUT2D eigenvalue weighted by molar-refractivity contribution is 8.26. The van der Waals surface area contributed by atoms with Gasteiger partial charge in [0, 0.05) is 18.7 Å². The van der Waals surface area contributed by atoms with Crippen LogP contribution in [0.5, 0.6) is 5.75 Å². The lowest BCUT2D eigenvalue weighted by Gasteiger charge is -2.09. The van der Waals surface area contributed by atoms with Crippen LogP contribution in [0.4, 0.5) is 5.69 Å². The number of thiocarbonyl (C=S) groups is 1. The Hall–Kier alpha value is -2.71. The zero-order valence-corrected chi connectivity index (χ0v) is 16.1. The maximum Gasteiger partial charge on any atom is 0.269 e. The molecule has 0 N–H and O–H groups in total. The fourth-order valence-corrected chi connectivity index (χ4v) is 3.88. The van der Waals surface area contributed by atoms with E-state index in [1.807, 2.05) is 31.2 Å². The molecule has 1 amide bonds. The fraction of sp³-hybridized carbons (Fsp3) is 0.158. The molecule has 3 rings (SSSR count). The SMILES string of the molecule is CCN1C(=O)/C(=C/c2cccc(OCc3ccc([N+](=O)[O-])cc3)c2)SC1=S. The predicted molar refractivity (Wildman–Crippen MR) is 109 cm³/mol. The van der Waals surface area contributed by atoms with Crippen LogP contribution >= 0.6 is 24.0 Å². The Kier molecular flexibility index (Phi) is 5.88. The first-order valence-electron chi connectivity index (χ1n) is 8.19. The largest absolute Gasteiger partial charge is 0.489 e. The molecule has 1 fully saturated rings. The highest BCUT2D eigenvalue weighted by Crippen LogP contribution is 2.32. The van der Waals surface area contributed by atoms with Crippen LogP contribution in [0.1, 0.15) is 18.1 Å². The summed E-state index contributed by atoms with van der Waals surface area (Å²) in [6.07, 6.45) is 1.80. The van der Waals surface area contributed by atoms with Gasteiger partial charge in [-0.2, -0.15) is 0 Å². The van der Waals surface area contributed by atoms with E-state index in [0.717, 1.165) is 11.1 Å². The van der Waals surface area contributed by atoms with E-state index >= 15 is 0 Å². The third-order valence-electron chi connectivity index (χ3n) is 3.90. The molecule has 0 bridgehead atoms. The molecular weight excluding hydrogens is 384 g/mol. The number of rotatable bonds is 6. The van der Waals surface area contributed by atoms with E-state index in [4.69, 9.17) is 17.0 Å². The Morgan fingerprint density at radius 2 is 2.00 bits per heavy atom. The molecule has 27 heavy (non-hydrogen) atoms. The molecule has 8 heteroatoms. The zero-order valence-electron chi connectivity index (χ0n) is 14.5. The Morgan fingerprint density at radius 3 is 2.63 bits per heavy atom. The number of ether oxygens (including phenoxy) is 1. The standard InChI is InChI=1S/C19H16N2O4S2/c1-2-20-18(22)17(27-19(20)26)11-14-4-3-5-16(10-14)25-12-13-6-8-15(9-7-13)21(23)24/h3-11H,2,12H2,1H3/b17-11-. The zero-order chi connectivity index (χ0) is 19.4. The maximum atomic E-state index is 12.3. The van der Waals surface area contributed by atoms with Gasteiger partial charge in [-0.25, -0.2) is 0 Å². The third kappa shape index (κ3) is 4.53. The second-order valence-corrected chi connectivity index (χ2v) is 7.39. The molecule has 0 aliphatic carbocycles. The van der Waals surface area contributed by atoms with Crippen LogP contribution in [0.3, 0.4) is 0 Å². The molecule has 1 aliphatic rings. The molecule has 0 atom stereocenters. The molecule has 1 saturated heterocycles. The van der Waals surface area contributed by atoms with Crippen LogP contribution in [0.15, 0.2) is 53.4 Å². The predicted octanol–water partition coefficient (Wildman–Crippen LogP) is 4.39. The molecule has 2 aromatic rings. The van der Waals surface area contributed by atoms with Gasteiger partial charge in [0.05, 0.1) is 9.83 Å². The monoisotopic (exact) mass is 400 g/mol. The molecule has 0 radical (unpaired) electrons. The highest BCUT2D eigenvalue weighted by Gasteiger charge is 2.30. The van der Waals surface area contributed by atoms with Crippen molar-refractivity contribution in [2.45, 2.75) is 13.5 Å². The van der Waals surface area contributed by atoms with Crippen molar-refractivity contribution in [3.63, 3.8) is 0 Å². The van der Waals surface area contributed by atoms with Gasteiger partial charge in [-0.3, -0.25) is 19.8 Å². The first kappa shape index (κ1) is 19.1. The summed E-state index contributed by atoms with van der Waals surface area (Å²) in [4.78, 5) is 24.7. The van der Waals surface area contributed by atoms with Crippen LogP contribution in [-0.2, 0) is 11.4 Å². The van der Waals surface area contributed by atoms with Gasteiger partial charge in [-0.05, 0) is 48.4 Å². The average molecular weight is 400 g/mol. The fourth-order valence-electron chi connectivity index (χ4n) is 2.50. The van der Waals surface area contributed by atoms with E-state index < -0.39 is 4.92 Å². The second kappa shape index (κ2) is 8.32. The number of hydrogen-bond acceptors (Lipinski definition) is 6. The number of nitrogens with zero attached hydrogens (tertiary/aromatic N) is 2. The summed E-state index contributed by atoms with van der Waals surface area (Å²) in [7, 11) is 0. The Balaban J connectivity index is 1.69. The van der Waals surface area contributed by atoms with Gasteiger partial charge in [-0.15, -0.1) is 0 Å². The Labute approximate surface area is 166 Å². The van der Waals surface area contributed by atoms with Gasteiger partial charge in [0.15, 0.2) is 0 Å². The van der Waals surface area contributed by atoms with Crippen molar-refractivity contribution in [1.29, 1.82) is 0 Å². The number of carbonyl (C=O) groups is 1. The first-order chi connectivity index (χ1) is 13.0. The lowest BCUT2D eigenvalue weighted by molar-refractivity contribution is -0.384. The van der Waals surface area contributed by atoms with Crippen molar-refractivity contribution < 1.29 is 14.5 Å². The maximum absolute atomic E-state index is 12.3. The van der Waals surface area contributed by atoms with Crippen molar-refractivity contribution in [2.75, 3.05) is 6.54 Å².